The second kappa shape index (κ2) is 11.1. The first-order valence-electron chi connectivity index (χ1n) is 11.3. The van der Waals surface area contributed by atoms with Crippen molar-refractivity contribution in [2.24, 2.45) is 0 Å². The molecule has 0 bridgehead atoms. The van der Waals surface area contributed by atoms with Crippen LogP contribution in [0.3, 0.4) is 0 Å². The standard InChI is InChI=1S/C26H22Cl2FN5O3S/c1-14-10-19(28)23(20(29)11-14)34-25(31-32-33-34)38-13-22(35)30-21-9-6-16(12-18(21)27)15-4-7-17(8-5-15)26(2,3)24(36)37/h4-12H,13H2,1-3H3,(H,30,35)(H,36,37). The molecule has 0 radical (unpaired) electrons. The first-order valence-corrected chi connectivity index (χ1v) is 13.0. The Morgan fingerprint density at radius 2 is 1.74 bits per heavy atom. The van der Waals surface area contributed by atoms with Crippen LogP contribution in [-0.4, -0.2) is 42.9 Å². The number of amides is 1. The zero-order chi connectivity index (χ0) is 27.6. The number of thioether (sulfide) groups is 1. The third-order valence-electron chi connectivity index (χ3n) is 5.86. The van der Waals surface area contributed by atoms with Crippen LogP contribution in [0.4, 0.5) is 10.1 Å². The molecule has 0 atom stereocenters. The number of rotatable bonds is 8. The molecule has 0 unspecified atom stereocenters. The molecule has 196 valence electrons. The highest BCUT2D eigenvalue weighted by atomic mass is 35.5. The van der Waals surface area contributed by atoms with Crippen LogP contribution in [0.15, 0.2) is 59.8 Å². The normalized spacial score (nSPS) is 11.4. The molecule has 4 rings (SSSR count). The molecular formula is C26H22Cl2FN5O3S. The van der Waals surface area contributed by atoms with E-state index < -0.39 is 17.2 Å². The van der Waals surface area contributed by atoms with Crippen LogP contribution in [0.25, 0.3) is 16.8 Å². The summed E-state index contributed by atoms with van der Waals surface area (Å²) in [4.78, 5) is 24.1. The summed E-state index contributed by atoms with van der Waals surface area (Å²) < 4.78 is 15.7. The quantitative estimate of drug-likeness (QED) is 0.242. The van der Waals surface area contributed by atoms with E-state index in [-0.39, 0.29) is 27.5 Å². The first-order chi connectivity index (χ1) is 18.0. The third kappa shape index (κ3) is 5.82. The molecule has 1 amide bonds. The SMILES string of the molecule is Cc1cc(F)c(-n2nnnc2SCC(=O)Nc2ccc(-c3ccc(C(C)(C)C(=O)O)cc3)cc2Cl)c(Cl)c1. The van der Waals surface area contributed by atoms with Crippen molar-refractivity contribution in [3.8, 4) is 16.8 Å². The van der Waals surface area contributed by atoms with Crippen LogP contribution in [-0.2, 0) is 15.0 Å². The molecule has 8 nitrogen and oxygen atoms in total. The van der Waals surface area contributed by atoms with Crippen LogP contribution >= 0.6 is 35.0 Å². The van der Waals surface area contributed by atoms with Gasteiger partial charge < -0.3 is 10.4 Å². The Bertz CT molecular complexity index is 1500. The Morgan fingerprint density at radius 1 is 1.05 bits per heavy atom. The van der Waals surface area contributed by atoms with Crippen LogP contribution < -0.4 is 5.32 Å². The number of tetrazole rings is 1. The van der Waals surface area contributed by atoms with E-state index >= 15 is 0 Å². The van der Waals surface area contributed by atoms with Crippen LogP contribution in [0.5, 0.6) is 0 Å². The number of aliphatic carboxylic acids is 1. The molecule has 0 aliphatic carbocycles. The molecule has 2 N–H and O–H groups in total. The van der Waals surface area contributed by atoms with Crippen molar-refractivity contribution < 1.29 is 19.1 Å². The van der Waals surface area contributed by atoms with Crippen molar-refractivity contribution in [1.82, 2.24) is 20.2 Å². The molecule has 0 saturated heterocycles. The number of nitrogens with zero attached hydrogens (tertiary/aromatic N) is 4. The van der Waals surface area contributed by atoms with Gasteiger partial charge in [0.1, 0.15) is 5.69 Å². The van der Waals surface area contributed by atoms with Crippen LogP contribution in [0.1, 0.15) is 25.0 Å². The van der Waals surface area contributed by atoms with Gasteiger partial charge in [-0.1, -0.05) is 65.3 Å². The minimum absolute atomic E-state index is 0.00312. The molecule has 0 aliphatic heterocycles. The topological polar surface area (TPSA) is 110 Å². The van der Waals surface area contributed by atoms with Crippen molar-refractivity contribution >= 4 is 52.5 Å². The Morgan fingerprint density at radius 3 is 2.37 bits per heavy atom. The number of hydrogen-bond donors (Lipinski definition) is 2. The van der Waals surface area contributed by atoms with Gasteiger partial charge in [-0.15, -0.1) is 5.10 Å². The van der Waals surface area contributed by atoms with Crippen LogP contribution in [0.2, 0.25) is 10.0 Å². The molecule has 0 aliphatic rings. The summed E-state index contributed by atoms with van der Waals surface area (Å²) in [5.41, 5.74) is 2.39. The zero-order valence-electron chi connectivity index (χ0n) is 20.5. The summed E-state index contributed by atoms with van der Waals surface area (Å²) in [6.45, 7) is 5.01. The maximum Gasteiger partial charge on any atom is 0.313 e. The van der Waals surface area contributed by atoms with Crippen molar-refractivity contribution in [2.75, 3.05) is 11.1 Å². The molecular weight excluding hydrogens is 552 g/mol. The summed E-state index contributed by atoms with van der Waals surface area (Å²) in [5.74, 6) is -1.92. The minimum Gasteiger partial charge on any atom is -0.481 e. The molecule has 1 aromatic heterocycles. The molecule has 0 fully saturated rings. The van der Waals surface area contributed by atoms with E-state index in [1.54, 1.807) is 57.2 Å². The van der Waals surface area contributed by atoms with Crippen molar-refractivity contribution in [2.45, 2.75) is 31.3 Å². The number of carbonyl (C=O) groups excluding carboxylic acids is 1. The Hall–Kier alpha value is -3.47. The maximum absolute atomic E-state index is 14.5. The second-order valence-corrected chi connectivity index (χ2v) is 10.7. The van der Waals surface area contributed by atoms with Crippen molar-refractivity contribution in [3.05, 3.63) is 81.6 Å². The highest BCUT2D eigenvalue weighted by Gasteiger charge is 2.29. The number of carboxylic acid groups (broad SMARTS) is 1. The maximum atomic E-state index is 14.5. The van der Waals surface area contributed by atoms with E-state index in [0.29, 0.717) is 21.8 Å². The van der Waals surface area contributed by atoms with Gasteiger partial charge in [-0.3, -0.25) is 9.59 Å². The van der Waals surface area contributed by atoms with E-state index in [2.05, 4.69) is 20.8 Å². The van der Waals surface area contributed by atoms with E-state index in [1.807, 2.05) is 12.1 Å². The number of nitrogens with one attached hydrogen (secondary N) is 1. The molecule has 4 aromatic rings. The van der Waals surface area contributed by atoms with Crippen molar-refractivity contribution in [1.29, 1.82) is 0 Å². The van der Waals surface area contributed by atoms with Gasteiger partial charge in [-0.25, -0.2) is 4.39 Å². The van der Waals surface area contributed by atoms with Crippen LogP contribution in [0, 0.1) is 12.7 Å². The third-order valence-corrected chi connectivity index (χ3v) is 7.38. The Balaban J connectivity index is 1.43. The highest BCUT2D eigenvalue weighted by Crippen LogP contribution is 2.32. The lowest BCUT2D eigenvalue weighted by molar-refractivity contribution is -0.142. The van der Waals surface area contributed by atoms with Gasteiger partial charge in [-0.05, 0) is 77.7 Å². The van der Waals surface area contributed by atoms with E-state index in [0.717, 1.165) is 27.6 Å². The molecule has 3 aromatic carbocycles. The molecule has 0 saturated carbocycles. The van der Waals surface area contributed by atoms with E-state index in [9.17, 15) is 19.1 Å². The number of aromatic nitrogens is 4. The van der Waals surface area contributed by atoms with Gasteiger partial charge in [0, 0.05) is 0 Å². The number of carboxylic acids is 1. The Kier molecular flexibility index (Phi) is 8.05. The predicted molar refractivity (Wildman–Crippen MR) is 146 cm³/mol. The van der Waals surface area contributed by atoms with Gasteiger partial charge in [0.05, 0.1) is 26.9 Å². The summed E-state index contributed by atoms with van der Waals surface area (Å²) in [6.07, 6.45) is 0. The summed E-state index contributed by atoms with van der Waals surface area (Å²) in [6, 6.07) is 15.3. The smallest absolute Gasteiger partial charge is 0.313 e. The first kappa shape index (κ1) is 27.6. The van der Waals surface area contributed by atoms with Gasteiger partial charge in [0.2, 0.25) is 11.1 Å². The Labute approximate surface area is 232 Å². The fourth-order valence-electron chi connectivity index (χ4n) is 3.62. The fourth-order valence-corrected chi connectivity index (χ4v) is 4.87. The number of benzene rings is 3. The van der Waals surface area contributed by atoms with Gasteiger partial charge in [0.15, 0.2) is 5.82 Å². The number of halogens is 3. The molecule has 38 heavy (non-hydrogen) atoms. The minimum atomic E-state index is -1.01. The van der Waals surface area contributed by atoms with Gasteiger partial charge in [-0.2, -0.15) is 4.68 Å². The summed E-state index contributed by atoms with van der Waals surface area (Å²) in [5, 5.41) is 24.1. The monoisotopic (exact) mass is 573 g/mol. The number of anilines is 1. The molecule has 12 heteroatoms. The zero-order valence-corrected chi connectivity index (χ0v) is 22.8. The average molecular weight is 574 g/mol. The number of aryl methyl sites for hydroxylation is 1. The average Bonchev–Trinajstić information content (AvgIpc) is 3.31. The van der Waals surface area contributed by atoms with E-state index in [1.165, 1.54) is 6.07 Å². The number of hydrogen-bond acceptors (Lipinski definition) is 6. The molecule has 0 spiro atoms. The lowest BCUT2D eigenvalue weighted by Gasteiger charge is -2.20. The van der Waals surface area contributed by atoms with Crippen molar-refractivity contribution in [3.63, 3.8) is 0 Å². The largest absolute Gasteiger partial charge is 0.481 e. The summed E-state index contributed by atoms with van der Waals surface area (Å²) in [7, 11) is 0. The summed E-state index contributed by atoms with van der Waals surface area (Å²) >= 11 is 13.6. The van der Waals surface area contributed by atoms with Gasteiger partial charge in [0.25, 0.3) is 0 Å². The van der Waals surface area contributed by atoms with E-state index in [4.69, 9.17) is 23.2 Å². The predicted octanol–water partition coefficient (Wildman–Crippen LogP) is 6.18. The lowest BCUT2D eigenvalue weighted by atomic mass is 9.84. The second-order valence-electron chi connectivity index (χ2n) is 8.99. The fraction of sp³-hybridized carbons (Fsp3) is 0.192. The molecule has 1 heterocycles. The van der Waals surface area contributed by atoms with Gasteiger partial charge >= 0.3 is 5.97 Å². The number of carbonyl (C=O) groups is 2. The lowest BCUT2D eigenvalue weighted by Crippen LogP contribution is -2.28. The highest BCUT2D eigenvalue weighted by molar-refractivity contribution is 7.99.